The molecule has 1 amide bonds. The first-order valence-electron chi connectivity index (χ1n) is 10.7. The third kappa shape index (κ3) is 4.36. The van der Waals surface area contributed by atoms with E-state index in [4.69, 9.17) is 4.74 Å². The van der Waals surface area contributed by atoms with Gasteiger partial charge in [0.15, 0.2) is 5.65 Å². The molecule has 162 valence electrons. The lowest BCUT2D eigenvalue weighted by Crippen LogP contribution is -2.13. The third-order valence-corrected chi connectivity index (χ3v) is 5.49. The number of rotatable bonds is 5. The van der Waals surface area contributed by atoms with Crippen LogP contribution in [0.2, 0.25) is 0 Å². The fraction of sp³-hybridized carbons (Fsp3) is 0.111. The normalized spacial score (nSPS) is 11.0. The topological polar surface area (TPSA) is 77.0 Å². The summed E-state index contributed by atoms with van der Waals surface area (Å²) in [4.78, 5) is 26.1. The van der Waals surface area contributed by atoms with Gasteiger partial charge in [0.1, 0.15) is 18.2 Å². The molecule has 5 rings (SSSR count). The number of ether oxygens (including phenoxy) is 1. The Kier molecular flexibility index (Phi) is 5.40. The van der Waals surface area contributed by atoms with Gasteiger partial charge in [-0.1, -0.05) is 30.3 Å². The molecule has 0 unspecified atom stereocenters. The summed E-state index contributed by atoms with van der Waals surface area (Å²) in [6, 6.07) is 20.9. The van der Waals surface area contributed by atoms with Crippen molar-refractivity contribution >= 4 is 33.5 Å². The Balaban J connectivity index is 1.32. The van der Waals surface area contributed by atoms with Crippen LogP contribution in [0.5, 0.6) is 5.75 Å². The lowest BCUT2D eigenvalue weighted by Gasteiger charge is -2.10. The first-order chi connectivity index (χ1) is 16.1. The Morgan fingerprint density at radius 3 is 2.70 bits per heavy atom. The van der Waals surface area contributed by atoms with Crippen LogP contribution in [0.3, 0.4) is 0 Å². The highest BCUT2D eigenvalue weighted by atomic mass is 16.5. The van der Waals surface area contributed by atoms with Gasteiger partial charge in [-0.3, -0.25) is 9.78 Å². The Hall–Kier alpha value is -4.32. The fourth-order valence-electron chi connectivity index (χ4n) is 3.87. The molecule has 0 saturated heterocycles. The second-order valence-corrected chi connectivity index (χ2v) is 7.94. The van der Waals surface area contributed by atoms with E-state index in [1.807, 2.05) is 68.7 Å². The second-order valence-electron chi connectivity index (χ2n) is 7.94. The number of carbonyl (C=O) groups is 1. The zero-order valence-corrected chi connectivity index (χ0v) is 18.4. The molecule has 3 aromatic heterocycles. The van der Waals surface area contributed by atoms with E-state index >= 15 is 0 Å². The molecule has 0 aliphatic heterocycles. The smallest absolute Gasteiger partial charge is 0.256 e. The van der Waals surface area contributed by atoms with Gasteiger partial charge in [0.05, 0.1) is 0 Å². The summed E-state index contributed by atoms with van der Waals surface area (Å²) >= 11 is 0. The Labute approximate surface area is 191 Å². The molecular formula is C27H22N4O2. The van der Waals surface area contributed by atoms with Gasteiger partial charge in [0.2, 0.25) is 0 Å². The highest BCUT2D eigenvalue weighted by Crippen LogP contribution is 2.22. The van der Waals surface area contributed by atoms with Gasteiger partial charge < -0.3 is 10.1 Å². The average Bonchev–Trinajstić information content (AvgIpc) is 2.82. The van der Waals surface area contributed by atoms with Crippen LogP contribution in [0.4, 0.5) is 5.82 Å². The fourth-order valence-corrected chi connectivity index (χ4v) is 3.87. The van der Waals surface area contributed by atoms with Gasteiger partial charge in [0.25, 0.3) is 5.91 Å². The van der Waals surface area contributed by atoms with E-state index in [9.17, 15) is 4.79 Å². The Bertz CT molecular complexity index is 1490. The first kappa shape index (κ1) is 20.6. The number of aryl methyl sites for hydroxylation is 2. The molecule has 0 radical (unpaired) electrons. The van der Waals surface area contributed by atoms with E-state index in [0.717, 1.165) is 33.0 Å². The molecule has 0 atom stereocenters. The number of fused-ring (bicyclic) bond motifs is 2. The van der Waals surface area contributed by atoms with Crippen LogP contribution in [0.25, 0.3) is 21.8 Å². The molecule has 0 bridgehead atoms. The maximum Gasteiger partial charge on any atom is 0.256 e. The number of aromatic nitrogens is 3. The molecule has 5 aromatic rings. The van der Waals surface area contributed by atoms with Crippen molar-refractivity contribution in [2.45, 2.75) is 20.5 Å². The lowest BCUT2D eigenvalue weighted by molar-refractivity contribution is 0.102. The van der Waals surface area contributed by atoms with Crippen molar-refractivity contribution in [2.75, 3.05) is 5.32 Å². The molecule has 0 fully saturated rings. The number of carbonyl (C=O) groups excluding carboxylic acids is 1. The standard InChI is InChI=1S/C27H22N4O2/c1-17-12-18(2)29-26-23(17)10-11-25(30-26)31-27(32)19-7-5-8-22(13-19)33-16-21-15-28-14-20-6-3-4-9-24(20)21/h3-15H,16H2,1-2H3,(H,29,30,31,32). The largest absolute Gasteiger partial charge is 0.489 e. The van der Waals surface area contributed by atoms with Crippen molar-refractivity contribution in [1.29, 1.82) is 0 Å². The summed E-state index contributed by atoms with van der Waals surface area (Å²) in [7, 11) is 0. The van der Waals surface area contributed by atoms with E-state index in [-0.39, 0.29) is 5.91 Å². The number of amides is 1. The van der Waals surface area contributed by atoms with Crippen LogP contribution in [0, 0.1) is 13.8 Å². The third-order valence-electron chi connectivity index (χ3n) is 5.49. The molecule has 3 heterocycles. The highest BCUT2D eigenvalue weighted by Gasteiger charge is 2.11. The number of hydrogen-bond acceptors (Lipinski definition) is 5. The molecule has 0 saturated carbocycles. The predicted octanol–water partition coefficient (Wildman–Crippen LogP) is 5.63. The Morgan fingerprint density at radius 1 is 0.909 bits per heavy atom. The SMILES string of the molecule is Cc1cc(C)c2ccc(NC(=O)c3cccc(OCc4cncc5ccccc45)c3)nc2n1. The summed E-state index contributed by atoms with van der Waals surface area (Å²) in [6.45, 7) is 4.31. The summed E-state index contributed by atoms with van der Waals surface area (Å²) in [5.74, 6) is 0.802. The van der Waals surface area contributed by atoms with Crippen LogP contribution >= 0.6 is 0 Å². The number of nitrogens with one attached hydrogen (secondary N) is 1. The molecule has 0 aliphatic rings. The minimum atomic E-state index is -0.261. The number of nitrogens with zero attached hydrogens (tertiary/aromatic N) is 3. The molecule has 0 aliphatic carbocycles. The zero-order chi connectivity index (χ0) is 22.8. The van der Waals surface area contributed by atoms with E-state index < -0.39 is 0 Å². The molecule has 1 N–H and O–H groups in total. The van der Waals surface area contributed by atoms with E-state index in [1.165, 1.54) is 0 Å². The molecule has 6 nitrogen and oxygen atoms in total. The summed E-state index contributed by atoms with van der Waals surface area (Å²) in [5.41, 5.74) is 4.09. The van der Waals surface area contributed by atoms with Crippen LogP contribution in [-0.2, 0) is 6.61 Å². The number of hydrogen-bond donors (Lipinski definition) is 1. The van der Waals surface area contributed by atoms with Gasteiger partial charge in [-0.2, -0.15) is 0 Å². The molecular weight excluding hydrogens is 412 g/mol. The number of anilines is 1. The van der Waals surface area contributed by atoms with Crippen molar-refractivity contribution in [3.05, 3.63) is 102 Å². The summed E-state index contributed by atoms with van der Waals surface area (Å²) < 4.78 is 5.98. The summed E-state index contributed by atoms with van der Waals surface area (Å²) in [6.07, 6.45) is 3.64. The van der Waals surface area contributed by atoms with Crippen LogP contribution in [-0.4, -0.2) is 20.9 Å². The van der Waals surface area contributed by atoms with Crippen molar-refractivity contribution in [2.24, 2.45) is 0 Å². The molecule has 2 aromatic carbocycles. The van der Waals surface area contributed by atoms with Gasteiger partial charge in [0, 0.05) is 40.0 Å². The molecule has 0 spiro atoms. The van der Waals surface area contributed by atoms with Crippen LogP contribution in [0.1, 0.15) is 27.2 Å². The van der Waals surface area contributed by atoms with E-state index in [1.54, 1.807) is 24.3 Å². The highest BCUT2D eigenvalue weighted by molar-refractivity contribution is 6.04. The molecule has 33 heavy (non-hydrogen) atoms. The van der Waals surface area contributed by atoms with Gasteiger partial charge in [-0.05, 0) is 61.2 Å². The van der Waals surface area contributed by atoms with E-state index in [2.05, 4.69) is 20.3 Å². The second kappa shape index (κ2) is 8.67. The maximum absolute atomic E-state index is 12.8. The van der Waals surface area contributed by atoms with Crippen molar-refractivity contribution in [3.8, 4) is 5.75 Å². The monoisotopic (exact) mass is 434 g/mol. The first-order valence-corrected chi connectivity index (χ1v) is 10.7. The maximum atomic E-state index is 12.8. The molecule has 6 heteroatoms. The van der Waals surface area contributed by atoms with Gasteiger partial charge in [-0.25, -0.2) is 9.97 Å². The van der Waals surface area contributed by atoms with Crippen molar-refractivity contribution < 1.29 is 9.53 Å². The summed E-state index contributed by atoms with van der Waals surface area (Å²) in [5, 5.41) is 5.99. The van der Waals surface area contributed by atoms with Gasteiger partial charge in [-0.15, -0.1) is 0 Å². The lowest BCUT2D eigenvalue weighted by atomic mass is 10.1. The average molecular weight is 434 g/mol. The van der Waals surface area contributed by atoms with Crippen LogP contribution in [0.15, 0.2) is 79.1 Å². The number of pyridine rings is 3. The Morgan fingerprint density at radius 2 is 1.79 bits per heavy atom. The predicted molar refractivity (Wildman–Crippen MR) is 129 cm³/mol. The van der Waals surface area contributed by atoms with Crippen LogP contribution < -0.4 is 10.1 Å². The number of benzene rings is 2. The minimum absolute atomic E-state index is 0.261. The zero-order valence-electron chi connectivity index (χ0n) is 18.4. The van der Waals surface area contributed by atoms with Crippen molar-refractivity contribution in [1.82, 2.24) is 15.0 Å². The minimum Gasteiger partial charge on any atom is -0.489 e. The quantitative estimate of drug-likeness (QED) is 0.388. The van der Waals surface area contributed by atoms with Crippen molar-refractivity contribution in [3.63, 3.8) is 0 Å². The van der Waals surface area contributed by atoms with E-state index in [0.29, 0.717) is 29.4 Å². The van der Waals surface area contributed by atoms with Gasteiger partial charge >= 0.3 is 0 Å².